The van der Waals surface area contributed by atoms with Crippen LogP contribution in [0.5, 0.6) is 5.75 Å². The van der Waals surface area contributed by atoms with Gasteiger partial charge in [-0.05, 0) is 48.6 Å². The van der Waals surface area contributed by atoms with Crippen LogP contribution in [-0.2, 0) is 9.53 Å². The summed E-state index contributed by atoms with van der Waals surface area (Å²) in [4.78, 5) is 25.1. The van der Waals surface area contributed by atoms with Gasteiger partial charge in [0.05, 0.1) is 7.11 Å². The zero-order valence-electron chi connectivity index (χ0n) is 16.2. The third kappa shape index (κ3) is 4.41. The normalized spacial score (nSPS) is 20.7. The molecule has 0 heterocycles. The van der Waals surface area contributed by atoms with Crippen LogP contribution < -0.4 is 10.1 Å². The lowest BCUT2D eigenvalue weighted by molar-refractivity contribution is -0.130. The van der Waals surface area contributed by atoms with E-state index in [1.165, 1.54) is 13.5 Å². The maximum absolute atomic E-state index is 12.7. The van der Waals surface area contributed by atoms with Gasteiger partial charge < -0.3 is 14.8 Å². The third-order valence-corrected chi connectivity index (χ3v) is 5.38. The molecule has 27 heavy (non-hydrogen) atoms. The second-order valence-corrected chi connectivity index (χ2v) is 7.32. The highest BCUT2D eigenvalue weighted by molar-refractivity contribution is 5.99. The molecule has 1 aliphatic carbocycles. The van der Waals surface area contributed by atoms with E-state index < -0.39 is 12.1 Å². The fourth-order valence-electron chi connectivity index (χ4n) is 3.66. The van der Waals surface area contributed by atoms with E-state index in [1.54, 1.807) is 19.1 Å². The molecule has 5 nitrogen and oxygen atoms in total. The van der Waals surface area contributed by atoms with Crippen LogP contribution >= 0.6 is 0 Å². The van der Waals surface area contributed by atoms with Crippen LogP contribution in [0.1, 0.15) is 49.9 Å². The molecule has 1 fully saturated rings. The van der Waals surface area contributed by atoms with Crippen LogP contribution in [0, 0.1) is 5.92 Å². The van der Waals surface area contributed by atoms with Crippen molar-refractivity contribution in [1.82, 2.24) is 5.32 Å². The molecule has 1 N–H and O–H groups in total. The molecule has 2 aromatic rings. The van der Waals surface area contributed by atoms with Crippen molar-refractivity contribution < 1.29 is 19.1 Å². The summed E-state index contributed by atoms with van der Waals surface area (Å²) in [6.07, 6.45) is 3.57. The number of methoxy groups -OCH3 is 1. The van der Waals surface area contributed by atoms with Crippen LogP contribution in [0.4, 0.5) is 0 Å². The molecule has 0 aliphatic heterocycles. The molecule has 3 atom stereocenters. The Morgan fingerprint density at radius 3 is 2.44 bits per heavy atom. The Morgan fingerprint density at radius 2 is 1.78 bits per heavy atom. The van der Waals surface area contributed by atoms with E-state index >= 15 is 0 Å². The first kappa shape index (κ1) is 19.2. The highest BCUT2D eigenvalue weighted by atomic mass is 16.5. The van der Waals surface area contributed by atoms with Gasteiger partial charge in [-0.3, -0.25) is 4.79 Å². The lowest BCUT2D eigenvalue weighted by Crippen LogP contribution is -2.46. The number of nitrogens with one attached hydrogen (secondary N) is 1. The van der Waals surface area contributed by atoms with Gasteiger partial charge in [0.2, 0.25) is 0 Å². The van der Waals surface area contributed by atoms with Gasteiger partial charge in [0.15, 0.2) is 6.10 Å². The minimum Gasteiger partial charge on any atom is -0.496 e. The molecular weight excluding hydrogens is 342 g/mol. The summed E-state index contributed by atoms with van der Waals surface area (Å²) in [7, 11) is 1.52. The first-order valence-electron chi connectivity index (χ1n) is 9.57. The van der Waals surface area contributed by atoms with E-state index in [9.17, 15) is 9.59 Å². The van der Waals surface area contributed by atoms with Gasteiger partial charge in [0.25, 0.3) is 5.91 Å². The Labute approximate surface area is 160 Å². The van der Waals surface area contributed by atoms with Gasteiger partial charge >= 0.3 is 5.97 Å². The van der Waals surface area contributed by atoms with Crippen molar-refractivity contribution in [3.05, 3.63) is 42.0 Å². The first-order chi connectivity index (χ1) is 13.0. The van der Waals surface area contributed by atoms with Gasteiger partial charge in [-0.15, -0.1) is 0 Å². The maximum Gasteiger partial charge on any atom is 0.342 e. The predicted octanol–water partition coefficient (Wildman–Crippen LogP) is 4.09. The summed E-state index contributed by atoms with van der Waals surface area (Å²) in [5, 5.41) is 4.93. The number of esters is 1. The average molecular weight is 369 g/mol. The largest absolute Gasteiger partial charge is 0.496 e. The van der Waals surface area contributed by atoms with Crippen LogP contribution in [-0.4, -0.2) is 31.1 Å². The molecule has 0 radical (unpaired) electrons. The van der Waals surface area contributed by atoms with Crippen LogP contribution in [0.25, 0.3) is 10.8 Å². The van der Waals surface area contributed by atoms with Crippen LogP contribution in [0.3, 0.4) is 0 Å². The predicted molar refractivity (Wildman–Crippen MR) is 105 cm³/mol. The molecule has 0 unspecified atom stereocenters. The Bertz CT molecular complexity index is 832. The van der Waals surface area contributed by atoms with E-state index in [4.69, 9.17) is 9.47 Å². The van der Waals surface area contributed by atoms with Crippen molar-refractivity contribution in [3.8, 4) is 5.75 Å². The van der Waals surface area contributed by atoms with Gasteiger partial charge in [0, 0.05) is 6.04 Å². The van der Waals surface area contributed by atoms with Gasteiger partial charge in [-0.25, -0.2) is 4.79 Å². The van der Waals surface area contributed by atoms with E-state index in [-0.39, 0.29) is 11.9 Å². The molecule has 0 aromatic heterocycles. The topological polar surface area (TPSA) is 64.6 Å². The number of ether oxygens (including phenoxy) is 2. The molecule has 0 bridgehead atoms. The van der Waals surface area contributed by atoms with Gasteiger partial charge in [-0.2, -0.15) is 0 Å². The van der Waals surface area contributed by atoms with Crippen molar-refractivity contribution >= 4 is 22.6 Å². The Morgan fingerprint density at radius 1 is 1.11 bits per heavy atom. The second-order valence-electron chi connectivity index (χ2n) is 7.32. The molecule has 0 spiro atoms. The number of carbonyl (C=O) groups excluding carboxylic acids is 2. The van der Waals surface area contributed by atoms with E-state index in [0.717, 1.165) is 30.0 Å². The van der Waals surface area contributed by atoms with Gasteiger partial charge in [0.1, 0.15) is 11.3 Å². The number of benzene rings is 2. The fraction of sp³-hybridized carbons (Fsp3) is 0.455. The minimum absolute atomic E-state index is 0.155. The molecule has 0 saturated heterocycles. The van der Waals surface area contributed by atoms with E-state index in [0.29, 0.717) is 17.2 Å². The highest BCUT2D eigenvalue weighted by Crippen LogP contribution is 2.27. The molecule has 3 rings (SSSR count). The van der Waals surface area contributed by atoms with Crippen molar-refractivity contribution in [1.29, 1.82) is 0 Å². The van der Waals surface area contributed by atoms with E-state index in [2.05, 4.69) is 12.2 Å². The molecule has 1 amide bonds. The summed E-state index contributed by atoms with van der Waals surface area (Å²) >= 11 is 0. The standard InChI is InChI=1S/C22H27NO4/c1-14-8-4-7-11-19(14)23-21(24)15(2)27-22(25)18-12-16-9-5-6-10-17(16)13-20(18)26-3/h5-6,9-10,12-15,19H,4,7-8,11H2,1-3H3,(H,23,24)/t14-,15+,19-/m0/s1. The summed E-state index contributed by atoms with van der Waals surface area (Å²) in [5.41, 5.74) is 0.321. The van der Waals surface area contributed by atoms with Gasteiger partial charge in [-0.1, -0.05) is 44.0 Å². The molecule has 1 aliphatic rings. The molecule has 144 valence electrons. The Hall–Kier alpha value is -2.56. The molecular formula is C22H27NO4. The van der Waals surface area contributed by atoms with Crippen molar-refractivity contribution in [2.75, 3.05) is 7.11 Å². The zero-order chi connectivity index (χ0) is 19.4. The number of amides is 1. The number of fused-ring (bicyclic) bond motifs is 1. The maximum atomic E-state index is 12.7. The monoisotopic (exact) mass is 369 g/mol. The first-order valence-corrected chi connectivity index (χ1v) is 9.57. The highest BCUT2D eigenvalue weighted by Gasteiger charge is 2.27. The number of rotatable bonds is 5. The second kappa shape index (κ2) is 8.42. The van der Waals surface area contributed by atoms with Crippen LogP contribution in [0.2, 0.25) is 0 Å². The lowest BCUT2D eigenvalue weighted by atomic mass is 9.86. The van der Waals surface area contributed by atoms with Crippen molar-refractivity contribution in [2.24, 2.45) is 5.92 Å². The summed E-state index contributed by atoms with van der Waals surface area (Å²) < 4.78 is 10.8. The smallest absolute Gasteiger partial charge is 0.342 e. The number of carbonyl (C=O) groups is 2. The Kier molecular flexibility index (Phi) is 5.99. The average Bonchev–Trinajstić information content (AvgIpc) is 2.68. The minimum atomic E-state index is -0.859. The third-order valence-electron chi connectivity index (χ3n) is 5.38. The fourth-order valence-corrected chi connectivity index (χ4v) is 3.66. The summed E-state index contributed by atoms with van der Waals surface area (Å²) in [5.74, 6) is 0.0807. The van der Waals surface area contributed by atoms with Crippen molar-refractivity contribution in [2.45, 2.75) is 51.7 Å². The number of hydrogen-bond donors (Lipinski definition) is 1. The Balaban J connectivity index is 1.70. The SMILES string of the molecule is COc1cc2ccccc2cc1C(=O)O[C@H](C)C(=O)N[C@H]1CCCC[C@@H]1C. The van der Waals surface area contributed by atoms with E-state index in [1.807, 2.05) is 24.3 Å². The quantitative estimate of drug-likeness (QED) is 0.806. The van der Waals surface area contributed by atoms with Crippen LogP contribution in [0.15, 0.2) is 36.4 Å². The molecule has 5 heteroatoms. The lowest BCUT2D eigenvalue weighted by Gasteiger charge is -2.30. The zero-order valence-corrected chi connectivity index (χ0v) is 16.2. The molecule has 2 aromatic carbocycles. The number of hydrogen-bond acceptors (Lipinski definition) is 4. The summed E-state index contributed by atoms with van der Waals surface area (Å²) in [6, 6.07) is 11.4. The van der Waals surface area contributed by atoms with Crippen molar-refractivity contribution in [3.63, 3.8) is 0 Å². The summed E-state index contributed by atoms with van der Waals surface area (Å²) in [6.45, 7) is 3.76. The molecule has 1 saturated carbocycles.